The van der Waals surface area contributed by atoms with Gasteiger partial charge >= 0.3 is 5.97 Å². The van der Waals surface area contributed by atoms with Crippen LogP contribution < -0.4 is 0 Å². The predicted molar refractivity (Wildman–Crippen MR) is 74.9 cm³/mol. The Hall–Kier alpha value is -1.89. The van der Waals surface area contributed by atoms with Crippen LogP contribution in [0.1, 0.15) is 42.5 Å². The molecular weight excluding hydrogens is 252 g/mol. The lowest BCUT2D eigenvalue weighted by molar-refractivity contribution is -0.146. The van der Waals surface area contributed by atoms with Gasteiger partial charge in [-0.05, 0) is 56.6 Å². The minimum atomic E-state index is -0.0761. The topological polar surface area (TPSA) is 63.0 Å². The highest BCUT2D eigenvalue weighted by Crippen LogP contribution is 2.32. The Morgan fingerprint density at radius 3 is 2.75 bits per heavy atom. The molecule has 0 N–H and O–H groups in total. The standard InChI is InChI=1S/C16H20N2O2/c1-11-15(8-13(9-17)10-18-11)7-12-3-5-14(6-4-12)16(19)20-2/h8,10,12,14H,3-7H2,1-2H3. The van der Waals surface area contributed by atoms with Gasteiger partial charge in [-0.1, -0.05) is 0 Å². The van der Waals surface area contributed by atoms with Crippen molar-refractivity contribution in [3.05, 3.63) is 29.1 Å². The fourth-order valence-electron chi connectivity index (χ4n) is 2.93. The lowest BCUT2D eigenvalue weighted by Gasteiger charge is -2.27. The number of carbonyl (C=O) groups is 1. The van der Waals surface area contributed by atoms with Crippen LogP contribution in [0.3, 0.4) is 0 Å². The average Bonchev–Trinajstić information content (AvgIpc) is 2.49. The van der Waals surface area contributed by atoms with Crippen molar-refractivity contribution in [2.24, 2.45) is 11.8 Å². The van der Waals surface area contributed by atoms with Crippen molar-refractivity contribution in [3.8, 4) is 6.07 Å². The van der Waals surface area contributed by atoms with Gasteiger partial charge in [-0.15, -0.1) is 0 Å². The maximum absolute atomic E-state index is 11.5. The highest BCUT2D eigenvalue weighted by molar-refractivity contribution is 5.72. The Morgan fingerprint density at radius 1 is 1.45 bits per heavy atom. The number of carbonyl (C=O) groups excluding carboxylic acids is 1. The Bertz CT molecular complexity index is 526. The molecule has 4 nitrogen and oxygen atoms in total. The van der Waals surface area contributed by atoms with Crippen molar-refractivity contribution in [3.63, 3.8) is 0 Å². The first kappa shape index (κ1) is 14.5. The summed E-state index contributed by atoms with van der Waals surface area (Å²) >= 11 is 0. The summed E-state index contributed by atoms with van der Waals surface area (Å²) in [5.41, 5.74) is 2.78. The molecule has 20 heavy (non-hydrogen) atoms. The third-order valence-electron chi connectivity index (χ3n) is 4.21. The maximum atomic E-state index is 11.5. The van der Waals surface area contributed by atoms with Crippen LogP contribution in [0.4, 0.5) is 0 Å². The number of hydrogen-bond acceptors (Lipinski definition) is 4. The molecular formula is C16H20N2O2. The van der Waals surface area contributed by atoms with E-state index in [1.165, 1.54) is 7.11 Å². The molecule has 0 saturated heterocycles. The lowest BCUT2D eigenvalue weighted by atomic mass is 9.79. The van der Waals surface area contributed by atoms with E-state index in [2.05, 4.69) is 11.1 Å². The monoisotopic (exact) mass is 272 g/mol. The van der Waals surface area contributed by atoms with Gasteiger partial charge < -0.3 is 4.74 Å². The summed E-state index contributed by atoms with van der Waals surface area (Å²) in [6, 6.07) is 4.08. The number of hydrogen-bond donors (Lipinski definition) is 0. The number of esters is 1. The molecule has 0 amide bonds. The van der Waals surface area contributed by atoms with Gasteiger partial charge in [0.15, 0.2) is 0 Å². The molecule has 1 fully saturated rings. The molecule has 1 aromatic heterocycles. The first-order valence-electron chi connectivity index (χ1n) is 7.07. The third-order valence-corrected chi connectivity index (χ3v) is 4.21. The first-order valence-corrected chi connectivity index (χ1v) is 7.07. The number of ether oxygens (including phenoxy) is 1. The summed E-state index contributed by atoms with van der Waals surface area (Å²) < 4.78 is 4.81. The zero-order valence-corrected chi connectivity index (χ0v) is 12.1. The second-order valence-electron chi connectivity index (χ2n) is 5.53. The molecule has 0 radical (unpaired) electrons. The Balaban J connectivity index is 1.96. The van der Waals surface area contributed by atoms with Crippen molar-refractivity contribution in [1.29, 1.82) is 5.26 Å². The zero-order valence-electron chi connectivity index (χ0n) is 12.1. The van der Waals surface area contributed by atoms with Crippen LogP contribution in [-0.2, 0) is 16.0 Å². The van der Waals surface area contributed by atoms with Crippen LogP contribution >= 0.6 is 0 Å². The van der Waals surface area contributed by atoms with E-state index in [4.69, 9.17) is 10.00 Å². The Labute approximate surface area is 119 Å². The van der Waals surface area contributed by atoms with Crippen LogP contribution in [0, 0.1) is 30.1 Å². The molecule has 1 saturated carbocycles. The fraction of sp³-hybridized carbons (Fsp3) is 0.562. The van der Waals surface area contributed by atoms with Crippen molar-refractivity contribution < 1.29 is 9.53 Å². The molecule has 2 rings (SSSR count). The molecule has 1 heterocycles. The molecule has 1 aliphatic carbocycles. The maximum Gasteiger partial charge on any atom is 0.308 e. The van der Waals surface area contributed by atoms with Crippen LogP contribution in [0.25, 0.3) is 0 Å². The van der Waals surface area contributed by atoms with Gasteiger partial charge in [0.2, 0.25) is 0 Å². The number of nitriles is 1. The average molecular weight is 272 g/mol. The molecule has 0 atom stereocenters. The van der Waals surface area contributed by atoms with Gasteiger partial charge in [-0.3, -0.25) is 9.78 Å². The third kappa shape index (κ3) is 3.36. The number of pyridine rings is 1. The quantitative estimate of drug-likeness (QED) is 0.794. The van der Waals surface area contributed by atoms with Crippen molar-refractivity contribution in [1.82, 2.24) is 4.98 Å². The second kappa shape index (κ2) is 6.51. The SMILES string of the molecule is COC(=O)C1CCC(Cc2cc(C#N)cnc2C)CC1. The van der Waals surface area contributed by atoms with E-state index >= 15 is 0 Å². The van der Waals surface area contributed by atoms with E-state index in [0.29, 0.717) is 11.5 Å². The zero-order chi connectivity index (χ0) is 14.5. The minimum Gasteiger partial charge on any atom is -0.469 e. The molecule has 4 heteroatoms. The summed E-state index contributed by atoms with van der Waals surface area (Å²) in [6.45, 7) is 1.98. The summed E-state index contributed by atoms with van der Waals surface area (Å²) in [5.74, 6) is 0.569. The predicted octanol–water partition coefficient (Wildman–Crippen LogP) is 2.78. The number of methoxy groups -OCH3 is 1. The largest absolute Gasteiger partial charge is 0.469 e. The van der Waals surface area contributed by atoms with Crippen LogP contribution in [0.5, 0.6) is 0 Å². The highest BCUT2D eigenvalue weighted by Gasteiger charge is 2.27. The van der Waals surface area contributed by atoms with Crippen molar-refractivity contribution in [2.75, 3.05) is 7.11 Å². The first-order chi connectivity index (χ1) is 9.63. The van der Waals surface area contributed by atoms with Crippen molar-refractivity contribution >= 4 is 5.97 Å². The summed E-state index contributed by atoms with van der Waals surface area (Å²) in [5, 5.41) is 8.94. The Kier molecular flexibility index (Phi) is 4.73. The van der Waals surface area contributed by atoms with Crippen LogP contribution in [-0.4, -0.2) is 18.1 Å². The fourth-order valence-corrected chi connectivity index (χ4v) is 2.93. The van der Waals surface area contributed by atoms with E-state index < -0.39 is 0 Å². The summed E-state index contributed by atoms with van der Waals surface area (Å²) in [6.07, 6.45) is 6.45. The molecule has 0 bridgehead atoms. The van der Waals surface area contributed by atoms with E-state index in [0.717, 1.165) is 43.4 Å². The van der Waals surface area contributed by atoms with Gasteiger partial charge in [0.05, 0.1) is 18.6 Å². The molecule has 0 unspecified atom stereocenters. The highest BCUT2D eigenvalue weighted by atomic mass is 16.5. The van der Waals surface area contributed by atoms with Gasteiger partial charge in [-0.2, -0.15) is 5.26 Å². The van der Waals surface area contributed by atoms with E-state index in [9.17, 15) is 4.79 Å². The Morgan fingerprint density at radius 2 is 2.15 bits per heavy atom. The molecule has 1 aliphatic rings. The number of rotatable bonds is 3. The number of aryl methyl sites for hydroxylation is 1. The van der Waals surface area contributed by atoms with Crippen molar-refractivity contribution in [2.45, 2.75) is 39.0 Å². The second-order valence-corrected chi connectivity index (χ2v) is 5.53. The molecule has 0 spiro atoms. The van der Waals surface area contributed by atoms with E-state index in [-0.39, 0.29) is 11.9 Å². The van der Waals surface area contributed by atoms with Crippen LogP contribution in [0.2, 0.25) is 0 Å². The van der Waals surface area contributed by atoms with Gasteiger partial charge in [0.1, 0.15) is 6.07 Å². The molecule has 0 aromatic carbocycles. The van der Waals surface area contributed by atoms with E-state index in [1.807, 2.05) is 13.0 Å². The number of nitrogens with zero attached hydrogens (tertiary/aromatic N) is 2. The minimum absolute atomic E-state index is 0.0703. The van der Waals surface area contributed by atoms with Gasteiger partial charge in [0, 0.05) is 11.9 Å². The molecule has 0 aliphatic heterocycles. The van der Waals surface area contributed by atoms with E-state index in [1.54, 1.807) is 6.20 Å². The lowest BCUT2D eigenvalue weighted by Crippen LogP contribution is -2.23. The molecule has 106 valence electrons. The summed E-state index contributed by atoms with van der Waals surface area (Å²) in [7, 11) is 1.46. The molecule has 1 aromatic rings. The smallest absolute Gasteiger partial charge is 0.308 e. The van der Waals surface area contributed by atoms with Gasteiger partial charge in [0.25, 0.3) is 0 Å². The number of aromatic nitrogens is 1. The summed E-state index contributed by atoms with van der Waals surface area (Å²) in [4.78, 5) is 15.8. The van der Waals surface area contributed by atoms with Crippen LogP contribution in [0.15, 0.2) is 12.3 Å². The van der Waals surface area contributed by atoms with Gasteiger partial charge in [-0.25, -0.2) is 0 Å². The normalized spacial score (nSPS) is 22.1.